The molecule has 0 radical (unpaired) electrons. The highest BCUT2D eigenvalue weighted by molar-refractivity contribution is 5.57. The van der Waals surface area contributed by atoms with Crippen molar-refractivity contribution >= 4 is 11.5 Å². The summed E-state index contributed by atoms with van der Waals surface area (Å²) in [5, 5.41) is 11.9. The lowest BCUT2D eigenvalue weighted by Gasteiger charge is -2.11. The van der Waals surface area contributed by atoms with Crippen LogP contribution in [0.3, 0.4) is 0 Å². The molecule has 6 heteroatoms. The molecule has 0 bridgehead atoms. The van der Waals surface area contributed by atoms with Crippen LogP contribution in [0.5, 0.6) is 0 Å². The molecule has 0 amide bonds. The zero-order valence-corrected chi connectivity index (χ0v) is 17.8. The van der Waals surface area contributed by atoms with E-state index in [1.54, 1.807) is 0 Å². The second-order valence-electron chi connectivity index (χ2n) is 7.65. The molecule has 6 nitrogen and oxygen atoms in total. The molecule has 1 aromatic heterocycles. The number of aliphatic hydroxyl groups is 1. The van der Waals surface area contributed by atoms with E-state index in [-0.39, 0.29) is 17.9 Å². The summed E-state index contributed by atoms with van der Waals surface area (Å²) in [5.41, 5.74) is 2.68. The summed E-state index contributed by atoms with van der Waals surface area (Å²) >= 11 is 0. The maximum absolute atomic E-state index is 12.4. The first-order valence-electron chi connectivity index (χ1n) is 10.9. The lowest BCUT2D eigenvalue weighted by Crippen LogP contribution is -2.35. The van der Waals surface area contributed by atoms with Gasteiger partial charge >= 0.3 is 5.69 Å². The van der Waals surface area contributed by atoms with Crippen LogP contribution >= 0.6 is 0 Å². The molecule has 0 saturated carbocycles. The summed E-state index contributed by atoms with van der Waals surface area (Å²) in [7, 11) is 0. The van der Waals surface area contributed by atoms with E-state index in [2.05, 4.69) is 24.1 Å². The third-order valence-corrected chi connectivity index (χ3v) is 5.32. The third kappa shape index (κ3) is 7.54. The number of anilines is 2. The monoisotopic (exact) mass is 401 g/mol. The van der Waals surface area contributed by atoms with Crippen LogP contribution in [0, 0.1) is 6.92 Å². The number of nitrogens with one attached hydrogen (secondary N) is 2. The van der Waals surface area contributed by atoms with E-state index in [1.165, 1.54) is 28.2 Å². The molecular weight excluding hydrogens is 366 g/mol. The highest BCUT2D eigenvalue weighted by atomic mass is 16.3. The fourth-order valence-corrected chi connectivity index (χ4v) is 3.53. The quantitative estimate of drug-likeness (QED) is 0.438. The Bertz CT molecular complexity index is 839. The van der Waals surface area contributed by atoms with E-state index in [1.807, 2.05) is 18.2 Å². The Morgan fingerprint density at radius 1 is 0.966 bits per heavy atom. The van der Waals surface area contributed by atoms with Crippen molar-refractivity contribution in [2.75, 3.05) is 11.9 Å². The number of aromatic nitrogens is 2. The highest BCUT2D eigenvalue weighted by Crippen LogP contribution is 2.18. The van der Waals surface area contributed by atoms with Gasteiger partial charge in [0.1, 0.15) is 5.82 Å². The summed E-state index contributed by atoms with van der Waals surface area (Å²) in [4.78, 5) is 27.5. The SMILES string of the molecule is CCc1cc(Nc2cc(=O)n(CCCCCCCCCCO)c(=O)[nH]2)ccc1C. The average molecular weight is 402 g/mol. The smallest absolute Gasteiger partial charge is 0.329 e. The number of H-pyrrole nitrogens is 1. The van der Waals surface area contributed by atoms with Gasteiger partial charge in [0.25, 0.3) is 5.56 Å². The number of aliphatic hydroxyl groups excluding tert-OH is 1. The van der Waals surface area contributed by atoms with Gasteiger partial charge < -0.3 is 10.4 Å². The summed E-state index contributed by atoms with van der Waals surface area (Å²) < 4.78 is 1.28. The van der Waals surface area contributed by atoms with Crippen molar-refractivity contribution in [2.24, 2.45) is 0 Å². The van der Waals surface area contributed by atoms with E-state index in [4.69, 9.17) is 5.11 Å². The Hall–Kier alpha value is -2.34. The summed E-state index contributed by atoms with van der Waals surface area (Å²) in [6.07, 6.45) is 9.36. The van der Waals surface area contributed by atoms with Gasteiger partial charge in [0.2, 0.25) is 0 Å². The molecule has 0 aliphatic carbocycles. The normalized spacial score (nSPS) is 11.0. The fraction of sp³-hybridized carbons (Fsp3) is 0.565. The molecular formula is C23H35N3O3. The van der Waals surface area contributed by atoms with Gasteiger partial charge in [-0.25, -0.2) is 4.79 Å². The maximum atomic E-state index is 12.4. The number of hydrogen-bond acceptors (Lipinski definition) is 4. The number of unbranched alkanes of at least 4 members (excludes halogenated alkanes) is 7. The minimum absolute atomic E-state index is 0.275. The minimum atomic E-state index is -0.369. The van der Waals surface area contributed by atoms with Gasteiger partial charge in [0.15, 0.2) is 0 Å². The van der Waals surface area contributed by atoms with Gasteiger partial charge in [-0.15, -0.1) is 0 Å². The van der Waals surface area contributed by atoms with Crippen LogP contribution in [0.25, 0.3) is 0 Å². The number of aromatic amines is 1. The molecule has 1 aromatic carbocycles. The van der Waals surface area contributed by atoms with Gasteiger partial charge in [0, 0.05) is 24.9 Å². The minimum Gasteiger partial charge on any atom is -0.396 e. The van der Waals surface area contributed by atoms with Gasteiger partial charge in [-0.1, -0.05) is 51.5 Å². The standard InChI is InChI=1S/C23H35N3O3/c1-3-19-16-20(13-12-18(19)2)24-21-17-22(28)26(23(29)25-21)14-10-8-6-4-5-7-9-11-15-27/h12-13,16-17,24,27H,3-11,14-15H2,1-2H3,(H,25,29). The average Bonchev–Trinajstić information content (AvgIpc) is 2.70. The van der Waals surface area contributed by atoms with E-state index in [9.17, 15) is 9.59 Å². The van der Waals surface area contributed by atoms with Crippen molar-refractivity contribution in [1.29, 1.82) is 0 Å². The molecule has 0 spiro atoms. The molecule has 2 rings (SSSR count). The van der Waals surface area contributed by atoms with Crippen molar-refractivity contribution in [3.8, 4) is 0 Å². The number of hydrogen-bond donors (Lipinski definition) is 3. The first-order valence-corrected chi connectivity index (χ1v) is 10.9. The molecule has 0 aliphatic rings. The Morgan fingerprint density at radius 2 is 1.62 bits per heavy atom. The first-order chi connectivity index (χ1) is 14.0. The second kappa shape index (κ2) is 12.3. The maximum Gasteiger partial charge on any atom is 0.329 e. The molecule has 1 heterocycles. The summed E-state index contributed by atoms with van der Waals surface area (Å²) in [6, 6.07) is 7.48. The molecule has 0 atom stereocenters. The Kier molecular flexibility index (Phi) is 9.71. The molecule has 0 saturated heterocycles. The highest BCUT2D eigenvalue weighted by Gasteiger charge is 2.06. The fourth-order valence-electron chi connectivity index (χ4n) is 3.53. The van der Waals surface area contributed by atoms with Crippen molar-refractivity contribution in [3.05, 3.63) is 56.2 Å². The Labute approximate surface area is 173 Å². The lowest BCUT2D eigenvalue weighted by atomic mass is 10.1. The van der Waals surface area contributed by atoms with Crippen LogP contribution < -0.4 is 16.6 Å². The molecule has 0 fully saturated rings. The molecule has 2 aromatic rings. The van der Waals surface area contributed by atoms with Crippen molar-refractivity contribution in [3.63, 3.8) is 0 Å². The predicted molar refractivity (Wildman–Crippen MR) is 119 cm³/mol. The van der Waals surface area contributed by atoms with Crippen LogP contribution in [0.1, 0.15) is 69.4 Å². The second-order valence-corrected chi connectivity index (χ2v) is 7.65. The van der Waals surface area contributed by atoms with Gasteiger partial charge in [-0.3, -0.25) is 14.3 Å². The number of nitrogens with zero attached hydrogens (tertiary/aromatic N) is 1. The van der Waals surface area contributed by atoms with E-state index in [0.29, 0.717) is 12.4 Å². The van der Waals surface area contributed by atoms with Gasteiger partial charge in [-0.05, 0) is 49.4 Å². The number of aryl methyl sites for hydroxylation is 2. The van der Waals surface area contributed by atoms with Crippen molar-refractivity contribution < 1.29 is 5.11 Å². The predicted octanol–water partition coefficient (Wildman–Crippen LogP) is 4.26. The van der Waals surface area contributed by atoms with Crippen LogP contribution in [-0.4, -0.2) is 21.3 Å². The van der Waals surface area contributed by atoms with E-state index >= 15 is 0 Å². The third-order valence-electron chi connectivity index (χ3n) is 5.32. The number of benzene rings is 1. The molecule has 3 N–H and O–H groups in total. The lowest BCUT2D eigenvalue weighted by molar-refractivity contribution is 0.282. The van der Waals surface area contributed by atoms with Crippen LogP contribution in [0.4, 0.5) is 11.5 Å². The topological polar surface area (TPSA) is 87.1 Å². The molecule has 0 aliphatic heterocycles. The van der Waals surface area contributed by atoms with Crippen LogP contribution in [-0.2, 0) is 13.0 Å². The zero-order chi connectivity index (χ0) is 21.1. The van der Waals surface area contributed by atoms with Gasteiger partial charge in [0.05, 0.1) is 0 Å². The van der Waals surface area contributed by atoms with Gasteiger partial charge in [-0.2, -0.15) is 0 Å². The Morgan fingerprint density at radius 3 is 2.24 bits per heavy atom. The van der Waals surface area contributed by atoms with Crippen molar-refractivity contribution in [2.45, 2.75) is 78.2 Å². The molecule has 29 heavy (non-hydrogen) atoms. The summed E-state index contributed by atoms with van der Waals surface area (Å²) in [5.74, 6) is 0.421. The first kappa shape index (κ1) is 22.9. The van der Waals surface area contributed by atoms with Crippen molar-refractivity contribution in [1.82, 2.24) is 9.55 Å². The molecule has 160 valence electrons. The van der Waals surface area contributed by atoms with Crippen LogP contribution in [0.2, 0.25) is 0 Å². The Balaban J connectivity index is 1.85. The van der Waals surface area contributed by atoms with E-state index in [0.717, 1.165) is 57.1 Å². The summed E-state index contributed by atoms with van der Waals surface area (Å²) in [6.45, 7) is 4.90. The zero-order valence-electron chi connectivity index (χ0n) is 17.8. The number of rotatable bonds is 13. The molecule has 0 unspecified atom stereocenters. The van der Waals surface area contributed by atoms with E-state index < -0.39 is 0 Å². The largest absolute Gasteiger partial charge is 0.396 e. The van der Waals surface area contributed by atoms with Crippen LogP contribution in [0.15, 0.2) is 33.9 Å².